The lowest BCUT2D eigenvalue weighted by Crippen LogP contribution is -2.41. The lowest BCUT2D eigenvalue weighted by atomic mass is 9.81. The van der Waals surface area contributed by atoms with Crippen molar-refractivity contribution < 1.29 is 8.42 Å². The minimum atomic E-state index is -3.24. The smallest absolute Gasteiger partial charge is 0.183 e. The summed E-state index contributed by atoms with van der Waals surface area (Å²) in [5.74, 6) is 0.288. The highest BCUT2D eigenvalue weighted by Crippen LogP contribution is 2.40. The van der Waals surface area contributed by atoms with E-state index in [4.69, 9.17) is 0 Å². The monoisotopic (exact) mass is 266 g/mol. The molecule has 0 radical (unpaired) electrons. The van der Waals surface area contributed by atoms with Gasteiger partial charge in [0.05, 0.1) is 9.64 Å². The number of benzene rings is 1. The van der Waals surface area contributed by atoms with Gasteiger partial charge in [0.25, 0.3) is 0 Å². The van der Waals surface area contributed by atoms with Gasteiger partial charge in [0.1, 0.15) is 0 Å². The van der Waals surface area contributed by atoms with E-state index in [1.165, 1.54) is 19.3 Å². The Hall–Kier alpha value is -0.830. The Balaban J connectivity index is 2.33. The Morgan fingerprint density at radius 2 is 1.56 bits per heavy atom. The van der Waals surface area contributed by atoms with Crippen LogP contribution in [-0.2, 0) is 9.84 Å². The molecule has 0 spiro atoms. The van der Waals surface area contributed by atoms with Crippen molar-refractivity contribution in [2.24, 2.45) is 5.92 Å². The molecule has 0 saturated heterocycles. The molecular weight excluding hydrogens is 244 g/mol. The summed E-state index contributed by atoms with van der Waals surface area (Å²) in [6.07, 6.45) is 5.66. The standard InChI is InChI=1S/C15H22O2S/c1-15(2,13-9-5-3-6-10-13)18(16,17)14-11-7-4-8-12-14/h4,7-8,11-13H,3,5-6,9-10H2,1-2H3. The maximum absolute atomic E-state index is 12.8. The first-order valence-electron chi connectivity index (χ1n) is 6.76. The molecule has 1 saturated carbocycles. The predicted molar refractivity (Wildman–Crippen MR) is 74.3 cm³/mol. The van der Waals surface area contributed by atoms with Crippen molar-refractivity contribution in [1.82, 2.24) is 0 Å². The van der Waals surface area contributed by atoms with E-state index in [0.29, 0.717) is 4.90 Å². The average molecular weight is 266 g/mol. The summed E-state index contributed by atoms with van der Waals surface area (Å²) in [6.45, 7) is 3.79. The largest absolute Gasteiger partial charge is 0.223 e. The Morgan fingerprint density at radius 3 is 2.11 bits per heavy atom. The maximum atomic E-state index is 12.8. The molecule has 1 aromatic rings. The first-order valence-corrected chi connectivity index (χ1v) is 8.24. The molecule has 0 bridgehead atoms. The average Bonchev–Trinajstić information content (AvgIpc) is 2.40. The Kier molecular flexibility index (Phi) is 3.81. The number of hydrogen-bond acceptors (Lipinski definition) is 2. The van der Waals surface area contributed by atoms with E-state index in [2.05, 4.69) is 0 Å². The van der Waals surface area contributed by atoms with E-state index in [-0.39, 0.29) is 5.92 Å². The van der Waals surface area contributed by atoms with Crippen molar-refractivity contribution in [3.05, 3.63) is 30.3 Å². The highest BCUT2D eigenvalue weighted by molar-refractivity contribution is 7.92. The molecule has 0 heterocycles. The van der Waals surface area contributed by atoms with Crippen LogP contribution in [0, 0.1) is 5.92 Å². The van der Waals surface area contributed by atoms with Crippen LogP contribution in [0.3, 0.4) is 0 Å². The Labute approximate surface area is 110 Å². The molecule has 0 aromatic heterocycles. The van der Waals surface area contributed by atoms with Gasteiger partial charge in [-0.05, 0) is 44.7 Å². The van der Waals surface area contributed by atoms with Gasteiger partial charge in [-0.1, -0.05) is 37.5 Å². The van der Waals surface area contributed by atoms with Crippen LogP contribution in [0.2, 0.25) is 0 Å². The van der Waals surface area contributed by atoms with Gasteiger partial charge in [0.2, 0.25) is 0 Å². The third kappa shape index (κ3) is 2.33. The van der Waals surface area contributed by atoms with Crippen LogP contribution in [0.1, 0.15) is 46.0 Å². The van der Waals surface area contributed by atoms with Crippen molar-refractivity contribution in [2.45, 2.75) is 55.6 Å². The van der Waals surface area contributed by atoms with Gasteiger partial charge in [-0.3, -0.25) is 0 Å². The normalized spacial score (nSPS) is 18.8. The van der Waals surface area contributed by atoms with Crippen molar-refractivity contribution >= 4 is 9.84 Å². The quantitative estimate of drug-likeness (QED) is 0.833. The summed E-state index contributed by atoms with van der Waals surface area (Å²) >= 11 is 0. The molecule has 1 aliphatic carbocycles. The summed E-state index contributed by atoms with van der Waals surface area (Å²) in [5, 5.41) is 0. The van der Waals surface area contributed by atoms with Crippen LogP contribution in [-0.4, -0.2) is 13.2 Å². The molecule has 2 rings (SSSR count). The zero-order valence-corrected chi connectivity index (χ0v) is 12.0. The van der Waals surface area contributed by atoms with Gasteiger partial charge >= 0.3 is 0 Å². The minimum Gasteiger partial charge on any atom is -0.223 e. The van der Waals surface area contributed by atoms with Crippen molar-refractivity contribution in [3.63, 3.8) is 0 Å². The molecule has 2 nitrogen and oxygen atoms in total. The van der Waals surface area contributed by atoms with E-state index in [1.54, 1.807) is 24.3 Å². The zero-order chi connectivity index (χ0) is 13.2. The van der Waals surface area contributed by atoms with Crippen molar-refractivity contribution in [1.29, 1.82) is 0 Å². The lowest BCUT2D eigenvalue weighted by Gasteiger charge is -2.36. The summed E-state index contributed by atoms with van der Waals surface area (Å²) in [5.41, 5.74) is 0. The molecule has 3 heteroatoms. The molecule has 1 fully saturated rings. The van der Waals surface area contributed by atoms with Gasteiger partial charge in [0.15, 0.2) is 9.84 Å². The summed E-state index contributed by atoms with van der Waals surface area (Å²) < 4.78 is 24.8. The summed E-state index contributed by atoms with van der Waals surface area (Å²) in [6, 6.07) is 8.86. The van der Waals surface area contributed by atoms with E-state index in [0.717, 1.165) is 12.8 Å². The fraction of sp³-hybridized carbons (Fsp3) is 0.600. The second-order valence-corrected chi connectivity index (χ2v) is 8.29. The van der Waals surface area contributed by atoms with Crippen molar-refractivity contribution in [2.75, 3.05) is 0 Å². The minimum absolute atomic E-state index is 0.288. The first kappa shape index (κ1) is 13.6. The molecule has 0 atom stereocenters. The molecule has 0 aliphatic heterocycles. The first-order chi connectivity index (χ1) is 8.46. The molecule has 1 aliphatic rings. The van der Waals surface area contributed by atoms with Crippen LogP contribution in [0.5, 0.6) is 0 Å². The van der Waals surface area contributed by atoms with Crippen molar-refractivity contribution in [3.8, 4) is 0 Å². The second-order valence-electron chi connectivity index (χ2n) is 5.75. The zero-order valence-electron chi connectivity index (χ0n) is 11.2. The molecule has 18 heavy (non-hydrogen) atoms. The van der Waals surface area contributed by atoms with Gasteiger partial charge in [-0.15, -0.1) is 0 Å². The van der Waals surface area contributed by atoms with Crippen LogP contribution < -0.4 is 0 Å². The molecule has 1 aromatic carbocycles. The van der Waals surface area contributed by atoms with Gasteiger partial charge in [0, 0.05) is 0 Å². The summed E-state index contributed by atoms with van der Waals surface area (Å²) in [7, 11) is -3.24. The maximum Gasteiger partial charge on any atom is 0.183 e. The van der Waals surface area contributed by atoms with Crippen LogP contribution in [0.25, 0.3) is 0 Å². The van der Waals surface area contributed by atoms with Gasteiger partial charge in [-0.25, -0.2) is 8.42 Å². The molecular formula is C15H22O2S. The number of hydrogen-bond donors (Lipinski definition) is 0. The molecule has 0 N–H and O–H groups in total. The Morgan fingerprint density at radius 1 is 1.00 bits per heavy atom. The number of sulfone groups is 1. The molecule has 100 valence electrons. The van der Waals surface area contributed by atoms with E-state index in [9.17, 15) is 8.42 Å². The highest BCUT2D eigenvalue weighted by atomic mass is 32.2. The molecule has 0 unspecified atom stereocenters. The third-order valence-electron chi connectivity index (χ3n) is 4.33. The summed E-state index contributed by atoms with van der Waals surface area (Å²) in [4.78, 5) is 0.459. The Bertz CT molecular complexity index is 482. The fourth-order valence-electron chi connectivity index (χ4n) is 2.92. The van der Waals surface area contributed by atoms with Crippen LogP contribution in [0.4, 0.5) is 0 Å². The predicted octanol–water partition coefficient (Wildman–Crippen LogP) is 3.82. The van der Waals surface area contributed by atoms with Crippen LogP contribution >= 0.6 is 0 Å². The number of rotatable bonds is 3. The molecule has 0 amide bonds. The highest BCUT2D eigenvalue weighted by Gasteiger charge is 2.42. The van der Waals surface area contributed by atoms with E-state index < -0.39 is 14.6 Å². The topological polar surface area (TPSA) is 34.1 Å². The van der Waals surface area contributed by atoms with Gasteiger partial charge < -0.3 is 0 Å². The van der Waals surface area contributed by atoms with E-state index >= 15 is 0 Å². The fourth-order valence-corrected chi connectivity index (χ4v) is 4.72. The lowest BCUT2D eigenvalue weighted by molar-refractivity contribution is 0.292. The second kappa shape index (κ2) is 5.04. The SMILES string of the molecule is CC(C)(C1CCCCC1)S(=O)(=O)c1ccccc1. The van der Waals surface area contributed by atoms with Gasteiger partial charge in [-0.2, -0.15) is 0 Å². The van der Waals surface area contributed by atoms with Crippen LogP contribution in [0.15, 0.2) is 35.2 Å². The third-order valence-corrected chi connectivity index (χ3v) is 6.95. The van der Waals surface area contributed by atoms with E-state index in [1.807, 2.05) is 19.9 Å².